The van der Waals surface area contributed by atoms with Gasteiger partial charge in [0.1, 0.15) is 36.8 Å². The zero-order chi connectivity index (χ0) is 20.4. The molecule has 1 aliphatic heterocycles. The van der Waals surface area contributed by atoms with Gasteiger partial charge in [-0.25, -0.2) is 9.78 Å². The van der Waals surface area contributed by atoms with E-state index in [2.05, 4.69) is 4.98 Å². The van der Waals surface area contributed by atoms with Crippen molar-refractivity contribution in [3.8, 4) is 23.0 Å². The fraction of sp³-hybridized carbons (Fsp3) is 0.200. The van der Waals surface area contributed by atoms with Crippen LogP contribution < -0.4 is 9.47 Å². The Morgan fingerprint density at radius 2 is 1.86 bits per heavy atom. The topological polar surface area (TPSA) is 114 Å². The second kappa shape index (κ2) is 7.63. The van der Waals surface area contributed by atoms with Gasteiger partial charge in [0, 0.05) is 11.6 Å². The number of fused-ring (bicyclic) bond motifs is 1. The highest BCUT2D eigenvalue weighted by Gasteiger charge is 2.27. The van der Waals surface area contributed by atoms with Crippen molar-refractivity contribution < 1.29 is 28.3 Å². The summed E-state index contributed by atoms with van der Waals surface area (Å²) in [7, 11) is 0. The summed E-state index contributed by atoms with van der Waals surface area (Å²) in [5.41, 5.74) is 0.581. The predicted octanol–water partition coefficient (Wildman–Crippen LogP) is 3.69. The highest BCUT2D eigenvalue weighted by atomic mass is 16.6. The number of ether oxygens (including phenoxy) is 3. The number of nitro groups is 1. The Bertz CT molecular complexity index is 1080. The summed E-state index contributed by atoms with van der Waals surface area (Å²) in [6.45, 7) is 2.09. The molecule has 0 amide bonds. The molecule has 29 heavy (non-hydrogen) atoms. The molecular formula is C20H16N2O7. The van der Waals surface area contributed by atoms with Gasteiger partial charge in [0.2, 0.25) is 5.89 Å². The molecule has 0 spiro atoms. The van der Waals surface area contributed by atoms with Crippen molar-refractivity contribution in [3.05, 3.63) is 69.6 Å². The number of hydrogen-bond donors (Lipinski definition) is 0. The quantitative estimate of drug-likeness (QED) is 0.364. The fourth-order valence-electron chi connectivity index (χ4n) is 2.87. The number of aromatic nitrogens is 1. The van der Waals surface area contributed by atoms with E-state index in [1.165, 1.54) is 12.1 Å². The highest BCUT2D eigenvalue weighted by molar-refractivity contribution is 5.95. The molecule has 0 radical (unpaired) electrons. The van der Waals surface area contributed by atoms with Crippen LogP contribution in [0.3, 0.4) is 0 Å². The lowest BCUT2D eigenvalue weighted by molar-refractivity contribution is -0.385. The molecular weight excluding hydrogens is 380 g/mol. The van der Waals surface area contributed by atoms with Crippen LogP contribution in [0.1, 0.15) is 21.8 Å². The minimum Gasteiger partial charge on any atom is -0.486 e. The Labute approximate surface area is 165 Å². The SMILES string of the molecule is Cc1oc(-c2ccccc2)nc1COC(=O)c1cc2c(cc1[N+](=O)[O-])OCCO2. The van der Waals surface area contributed by atoms with Crippen molar-refractivity contribution in [1.29, 1.82) is 0 Å². The first-order chi connectivity index (χ1) is 14.0. The van der Waals surface area contributed by atoms with E-state index >= 15 is 0 Å². The van der Waals surface area contributed by atoms with Crippen molar-refractivity contribution in [3.63, 3.8) is 0 Å². The lowest BCUT2D eigenvalue weighted by Crippen LogP contribution is -2.17. The molecule has 2 heterocycles. The minimum absolute atomic E-state index is 0.188. The van der Waals surface area contributed by atoms with Crippen LogP contribution in [0.15, 0.2) is 46.9 Å². The van der Waals surface area contributed by atoms with Crippen LogP contribution in [0.4, 0.5) is 5.69 Å². The van der Waals surface area contributed by atoms with Crippen LogP contribution in [0, 0.1) is 17.0 Å². The molecule has 0 unspecified atom stereocenters. The summed E-state index contributed by atoms with van der Waals surface area (Å²) < 4.78 is 21.6. The van der Waals surface area contributed by atoms with Gasteiger partial charge >= 0.3 is 5.97 Å². The number of oxazole rings is 1. The van der Waals surface area contributed by atoms with Crippen molar-refractivity contribution in [2.24, 2.45) is 0 Å². The van der Waals surface area contributed by atoms with Crippen molar-refractivity contribution in [1.82, 2.24) is 4.98 Å². The highest BCUT2D eigenvalue weighted by Crippen LogP contribution is 2.37. The molecule has 148 valence electrons. The Morgan fingerprint density at radius 3 is 2.55 bits per heavy atom. The van der Waals surface area contributed by atoms with E-state index in [1.807, 2.05) is 30.3 Å². The molecule has 0 aliphatic carbocycles. The Balaban J connectivity index is 1.55. The number of benzene rings is 2. The molecule has 0 N–H and O–H groups in total. The summed E-state index contributed by atoms with van der Waals surface area (Å²) in [4.78, 5) is 27.6. The zero-order valence-electron chi connectivity index (χ0n) is 15.4. The van der Waals surface area contributed by atoms with Gasteiger partial charge in [-0.2, -0.15) is 0 Å². The molecule has 4 rings (SSSR count). The van der Waals surface area contributed by atoms with E-state index in [-0.39, 0.29) is 30.3 Å². The average molecular weight is 396 g/mol. The van der Waals surface area contributed by atoms with Crippen molar-refractivity contribution in [2.45, 2.75) is 13.5 Å². The molecule has 0 bridgehead atoms. The van der Waals surface area contributed by atoms with E-state index in [1.54, 1.807) is 6.92 Å². The Morgan fingerprint density at radius 1 is 1.17 bits per heavy atom. The first-order valence-electron chi connectivity index (χ1n) is 8.80. The number of aryl methyl sites for hydroxylation is 1. The normalized spacial score (nSPS) is 12.4. The van der Waals surface area contributed by atoms with E-state index < -0.39 is 16.6 Å². The van der Waals surface area contributed by atoms with Gasteiger partial charge in [-0.1, -0.05) is 18.2 Å². The zero-order valence-corrected chi connectivity index (χ0v) is 15.4. The standard InChI is InChI=1S/C20H16N2O7/c1-12-15(21-19(29-12)13-5-3-2-4-6-13)11-28-20(23)14-9-17-18(27-8-7-26-17)10-16(14)22(24)25/h2-6,9-10H,7-8,11H2,1H3. The summed E-state index contributed by atoms with van der Waals surface area (Å²) in [5, 5.41) is 11.4. The van der Waals surface area contributed by atoms with Crippen LogP contribution in [0.5, 0.6) is 11.5 Å². The fourth-order valence-corrected chi connectivity index (χ4v) is 2.87. The van der Waals surface area contributed by atoms with E-state index in [0.717, 1.165) is 5.56 Å². The summed E-state index contributed by atoms with van der Waals surface area (Å²) in [5.74, 6) is 0.516. The van der Waals surface area contributed by atoms with Gasteiger partial charge in [-0.05, 0) is 19.1 Å². The number of nitrogens with zero attached hydrogens (tertiary/aromatic N) is 2. The summed E-state index contributed by atoms with van der Waals surface area (Å²) in [6.07, 6.45) is 0. The molecule has 1 aliphatic rings. The first kappa shape index (κ1) is 18.5. The Hall–Kier alpha value is -3.88. The second-order valence-electron chi connectivity index (χ2n) is 6.23. The number of carbonyl (C=O) groups excluding carboxylic acids is 1. The third-order valence-corrected chi connectivity index (χ3v) is 4.33. The molecule has 0 saturated heterocycles. The molecule has 0 atom stereocenters. The maximum absolute atomic E-state index is 12.5. The number of nitro benzene ring substituents is 1. The minimum atomic E-state index is -0.864. The number of carbonyl (C=O) groups is 1. The van der Waals surface area contributed by atoms with E-state index in [0.29, 0.717) is 24.0 Å². The molecule has 3 aromatic rings. The second-order valence-corrected chi connectivity index (χ2v) is 6.23. The van der Waals surface area contributed by atoms with Crippen molar-refractivity contribution >= 4 is 11.7 Å². The smallest absolute Gasteiger partial charge is 0.345 e. The third kappa shape index (κ3) is 3.75. The molecule has 0 fully saturated rings. The van der Waals surface area contributed by atoms with Gasteiger partial charge in [0.05, 0.1) is 11.0 Å². The van der Waals surface area contributed by atoms with Crippen LogP contribution in [0.2, 0.25) is 0 Å². The van der Waals surface area contributed by atoms with Gasteiger partial charge in [0.15, 0.2) is 11.5 Å². The molecule has 9 nitrogen and oxygen atoms in total. The van der Waals surface area contributed by atoms with Crippen LogP contribution in [-0.4, -0.2) is 29.1 Å². The maximum Gasteiger partial charge on any atom is 0.345 e. The van der Waals surface area contributed by atoms with E-state index in [4.69, 9.17) is 18.6 Å². The monoisotopic (exact) mass is 396 g/mol. The lowest BCUT2D eigenvalue weighted by atomic mass is 10.1. The third-order valence-electron chi connectivity index (χ3n) is 4.33. The summed E-state index contributed by atoms with van der Waals surface area (Å²) in [6, 6.07) is 11.7. The van der Waals surface area contributed by atoms with Gasteiger partial charge in [-0.3, -0.25) is 10.1 Å². The molecule has 9 heteroatoms. The van der Waals surface area contributed by atoms with Crippen LogP contribution in [0.25, 0.3) is 11.5 Å². The van der Waals surface area contributed by atoms with Crippen LogP contribution >= 0.6 is 0 Å². The van der Waals surface area contributed by atoms with E-state index in [9.17, 15) is 14.9 Å². The maximum atomic E-state index is 12.5. The number of rotatable bonds is 5. The van der Waals surface area contributed by atoms with Gasteiger partial charge < -0.3 is 18.6 Å². The summed E-state index contributed by atoms with van der Waals surface area (Å²) >= 11 is 0. The molecule has 0 saturated carbocycles. The molecule has 1 aromatic heterocycles. The lowest BCUT2D eigenvalue weighted by Gasteiger charge is -2.18. The first-order valence-corrected chi connectivity index (χ1v) is 8.80. The van der Waals surface area contributed by atoms with Crippen molar-refractivity contribution in [2.75, 3.05) is 13.2 Å². The largest absolute Gasteiger partial charge is 0.486 e. The number of hydrogen-bond acceptors (Lipinski definition) is 8. The van der Waals surface area contributed by atoms with Gasteiger partial charge in [-0.15, -0.1) is 0 Å². The Kier molecular flexibility index (Phi) is 4.86. The van der Waals surface area contributed by atoms with Crippen LogP contribution in [-0.2, 0) is 11.3 Å². The average Bonchev–Trinajstić information content (AvgIpc) is 3.12. The predicted molar refractivity (Wildman–Crippen MR) is 99.9 cm³/mol. The molecule has 2 aromatic carbocycles. The van der Waals surface area contributed by atoms with Gasteiger partial charge in [0.25, 0.3) is 5.69 Å². The number of esters is 1.